The first kappa shape index (κ1) is 26.8. The molecule has 0 aliphatic rings. The number of pyridine rings is 2. The quantitative estimate of drug-likeness (QED) is 0.339. The number of rotatable bonds is 10. The highest BCUT2D eigenvalue weighted by Crippen LogP contribution is 2.21. The average molecular weight is 566 g/mol. The van der Waals surface area contributed by atoms with Gasteiger partial charge in [-0.3, -0.25) is 0 Å². The number of esters is 1. The summed E-state index contributed by atoms with van der Waals surface area (Å²) in [5.41, 5.74) is 0.313. The molecule has 0 aliphatic carbocycles. The van der Waals surface area contributed by atoms with Crippen molar-refractivity contribution < 1.29 is 38.4 Å². The summed E-state index contributed by atoms with van der Waals surface area (Å²) < 4.78 is 26.0. The minimum atomic E-state index is -1.07. The lowest BCUT2D eigenvalue weighted by Crippen LogP contribution is -2.10. The Balaban J connectivity index is 0.000000311. The zero-order valence-electron chi connectivity index (χ0n) is 17.1. The van der Waals surface area contributed by atoms with Gasteiger partial charge in [0.2, 0.25) is 11.8 Å². The van der Waals surface area contributed by atoms with Gasteiger partial charge in [-0.25, -0.2) is 19.6 Å². The summed E-state index contributed by atoms with van der Waals surface area (Å²) in [7, 11) is 4.41. The summed E-state index contributed by atoms with van der Waals surface area (Å²) in [4.78, 5) is 30.1. The van der Waals surface area contributed by atoms with Crippen molar-refractivity contribution in [3.63, 3.8) is 0 Å². The molecule has 2 aromatic rings. The van der Waals surface area contributed by atoms with Gasteiger partial charge in [-0.2, -0.15) is 0 Å². The van der Waals surface area contributed by atoms with E-state index in [2.05, 4.69) is 46.6 Å². The first-order valence-electron chi connectivity index (χ1n) is 8.70. The van der Waals surface area contributed by atoms with E-state index in [1.54, 1.807) is 19.4 Å². The molecule has 12 heteroatoms. The third kappa shape index (κ3) is 9.59. The number of carboxylic acids is 1. The number of carboxylic acid groups (broad SMARTS) is 1. The van der Waals surface area contributed by atoms with E-state index in [4.69, 9.17) is 24.1 Å². The summed E-state index contributed by atoms with van der Waals surface area (Å²) in [5, 5.41) is 8.87. The predicted octanol–water partition coefficient (Wildman–Crippen LogP) is 3.22. The van der Waals surface area contributed by atoms with Gasteiger partial charge in [0.25, 0.3) is 0 Å². The third-order valence-corrected chi connectivity index (χ3v) is 4.19. The van der Waals surface area contributed by atoms with Crippen LogP contribution in [0.2, 0.25) is 0 Å². The maximum atomic E-state index is 11.4. The van der Waals surface area contributed by atoms with Gasteiger partial charge in [-0.1, -0.05) is 0 Å². The van der Waals surface area contributed by atoms with Gasteiger partial charge in [-0.15, -0.1) is 0 Å². The Morgan fingerprint density at radius 2 is 1.29 bits per heavy atom. The Hall–Kier alpha value is -2.28. The van der Waals surface area contributed by atoms with E-state index in [1.165, 1.54) is 26.5 Å². The van der Waals surface area contributed by atoms with E-state index in [9.17, 15) is 9.59 Å². The first-order chi connectivity index (χ1) is 14.8. The number of nitrogens with zero attached hydrogens (tertiary/aromatic N) is 2. The highest BCUT2D eigenvalue weighted by atomic mass is 79.9. The lowest BCUT2D eigenvalue weighted by molar-refractivity contribution is 0.0591. The van der Waals surface area contributed by atoms with E-state index in [0.29, 0.717) is 28.8 Å². The van der Waals surface area contributed by atoms with Crippen molar-refractivity contribution in [3.05, 3.63) is 44.6 Å². The Kier molecular flexibility index (Phi) is 12.7. The molecule has 0 atom stereocenters. The number of methoxy groups -OCH3 is 3. The van der Waals surface area contributed by atoms with Crippen LogP contribution >= 0.6 is 31.9 Å². The van der Waals surface area contributed by atoms with Crippen LogP contribution in [-0.2, 0) is 14.2 Å². The van der Waals surface area contributed by atoms with Crippen molar-refractivity contribution in [2.75, 3.05) is 47.8 Å². The minimum Gasteiger partial charge on any atom is -0.477 e. The number of hydrogen-bond donors (Lipinski definition) is 1. The fourth-order valence-corrected chi connectivity index (χ4v) is 2.60. The number of ether oxygens (including phenoxy) is 5. The van der Waals surface area contributed by atoms with Crippen LogP contribution in [0, 0.1) is 0 Å². The van der Waals surface area contributed by atoms with Crippen molar-refractivity contribution in [2.45, 2.75) is 0 Å². The van der Waals surface area contributed by atoms with E-state index >= 15 is 0 Å². The van der Waals surface area contributed by atoms with Crippen LogP contribution in [0.3, 0.4) is 0 Å². The highest BCUT2D eigenvalue weighted by molar-refractivity contribution is 9.10. The van der Waals surface area contributed by atoms with E-state index in [-0.39, 0.29) is 29.5 Å². The first-order valence-corrected chi connectivity index (χ1v) is 10.3. The fourth-order valence-electron chi connectivity index (χ4n) is 1.94. The molecule has 0 spiro atoms. The van der Waals surface area contributed by atoms with E-state index in [1.807, 2.05) is 0 Å². The Labute approximate surface area is 196 Å². The molecular weight excluding hydrogens is 544 g/mol. The molecule has 2 aromatic heterocycles. The zero-order valence-corrected chi connectivity index (χ0v) is 20.3. The fraction of sp³-hybridized carbons (Fsp3) is 0.368. The monoisotopic (exact) mass is 564 g/mol. The molecule has 0 aromatic carbocycles. The molecule has 0 saturated carbocycles. The second-order valence-corrected chi connectivity index (χ2v) is 7.32. The van der Waals surface area contributed by atoms with Crippen LogP contribution in [0.15, 0.2) is 33.5 Å². The Bertz CT molecular complexity index is 867. The average Bonchev–Trinajstić information content (AvgIpc) is 2.75. The zero-order chi connectivity index (χ0) is 23.2. The van der Waals surface area contributed by atoms with Crippen molar-refractivity contribution in [1.82, 2.24) is 9.97 Å². The molecule has 1 N–H and O–H groups in total. The van der Waals surface area contributed by atoms with Crippen LogP contribution in [0.5, 0.6) is 11.8 Å². The SMILES string of the molecule is COCCOc1ncc(Br)cc1C(=O)O.COCCOc1ncc(Br)cc1C(=O)OC. The normalized spacial score (nSPS) is 9.97. The molecule has 0 radical (unpaired) electrons. The van der Waals surface area contributed by atoms with Crippen molar-refractivity contribution in [2.24, 2.45) is 0 Å². The second kappa shape index (κ2) is 14.7. The topological polar surface area (TPSA) is 126 Å². The van der Waals surface area contributed by atoms with E-state index in [0.717, 1.165) is 0 Å². The summed E-state index contributed by atoms with van der Waals surface area (Å²) in [6.45, 7) is 1.41. The summed E-state index contributed by atoms with van der Waals surface area (Å²) in [6, 6.07) is 3.04. The second-order valence-electron chi connectivity index (χ2n) is 5.49. The number of hydrogen-bond acceptors (Lipinski definition) is 9. The van der Waals surface area contributed by atoms with E-state index < -0.39 is 11.9 Å². The maximum absolute atomic E-state index is 11.4. The lowest BCUT2D eigenvalue weighted by atomic mass is 10.3. The van der Waals surface area contributed by atoms with Crippen LogP contribution < -0.4 is 9.47 Å². The molecule has 31 heavy (non-hydrogen) atoms. The van der Waals surface area contributed by atoms with Crippen LogP contribution in [0.4, 0.5) is 0 Å². The minimum absolute atomic E-state index is 0.0282. The van der Waals surface area contributed by atoms with Gasteiger partial charge in [0, 0.05) is 35.6 Å². The molecular formula is C19H22Br2N2O8. The smallest absolute Gasteiger partial charge is 0.343 e. The molecule has 0 aliphatic heterocycles. The molecule has 0 fully saturated rings. The van der Waals surface area contributed by atoms with Crippen molar-refractivity contribution in [1.29, 1.82) is 0 Å². The summed E-state index contributed by atoms with van der Waals surface area (Å²) in [5.74, 6) is -1.22. The van der Waals surface area contributed by atoms with Gasteiger partial charge in [0.15, 0.2) is 0 Å². The molecule has 170 valence electrons. The lowest BCUT2D eigenvalue weighted by Gasteiger charge is -2.08. The number of aromatic carboxylic acids is 1. The number of carbonyl (C=O) groups excluding carboxylic acids is 1. The standard InChI is InChI=1S/C10H12BrNO4.C9H10BrNO4/c1-14-3-4-16-9-8(10(13)15-2)5-7(11)6-12-9;1-14-2-3-15-8-7(9(12)13)4-6(10)5-11-8/h5-6H,3-4H2,1-2H3;4-5H,2-3H2,1H3,(H,12,13). The molecule has 2 rings (SSSR count). The molecule has 10 nitrogen and oxygen atoms in total. The molecule has 0 bridgehead atoms. The van der Waals surface area contributed by atoms with Gasteiger partial charge in [0.05, 0.1) is 20.3 Å². The molecule has 2 heterocycles. The molecule has 0 amide bonds. The number of halogens is 2. The van der Waals surface area contributed by atoms with Crippen LogP contribution in [-0.4, -0.2) is 74.8 Å². The summed E-state index contributed by atoms with van der Waals surface area (Å²) in [6.07, 6.45) is 3.03. The van der Waals surface area contributed by atoms with Gasteiger partial charge < -0.3 is 28.8 Å². The Morgan fingerprint density at radius 1 is 0.839 bits per heavy atom. The molecule has 0 saturated heterocycles. The van der Waals surface area contributed by atoms with Crippen molar-refractivity contribution >= 4 is 43.8 Å². The maximum Gasteiger partial charge on any atom is 0.343 e. The number of aromatic nitrogens is 2. The van der Waals surface area contributed by atoms with Crippen LogP contribution in [0.1, 0.15) is 20.7 Å². The predicted molar refractivity (Wildman–Crippen MR) is 117 cm³/mol. The highest BCUT2D eigenvalue weighted by Gasteiger charge is 2.15. The van der Waals surface area contributed by atoms with Gasteiger partial charge in [0.1, 0.15) is 24.3 Å². The third-order valence-electron chi connectivity index (χ3n) is 3.32. The van der Waals surface area contributed by atoms with Gasteiger partial charge in [-0.05, 0) is 44.0 Å². The Morgan fingerprint density at radius 3 is 1.71 bits per heavy atom. The van der Waals surface area contributed by atoms with Crippen LogP contribution in [0.25, 0.3) is 0 Å². The number of carbonyl (C=O) groups is 2. The van der Waals surface area contributed by atoms with Crippen molar-refractivity contribution in [3.8, 4) is 11.8 Å². The molecule has 0 unspecified atom stereocenters. The van der Waals surface area contributed by atoms with Gasteiger partial charge >= 0.3 is 11.9 Å². The summed E-state index contributed by atoms with van der Waals surface area (Å²) >= 11 is 6.37. The largest absolute Gasteiger partial charge is 0.477 e.